The van der Waals surface area contributed by atoms with Gasteiger partial charge in [-0.3, -0.25) is 5.10 Å². The highest BCUT2D eigenvalue weighted by molar-refractivity contribution is 7.89. The number of sulfonamides is 1. The van der Waals surface area contributed by atoms with Crippen LogP contribution in [0.25, 0.3) is 0 Å². The SMILES string of the molecule is O=C(N1CCC(CNS(=O)(=O)c2ccc(C(F)(F)F)cc2)CC1)N1CC2(CC(c3n[nH]c(C4CC4)n3)C2)C1. The van der Waals surface area contributed by atoms with Crippen molar-refractivity contribution >= 4 is 16.1 Å². The minimum atomic E-state index is -4.52. The highest BCUT2D eigenvalue weighted by Gasteiger charge is 2.55. The van der Waals surface area contributed by atoms with E-state index in [4.69, 9.17) is 0 Å². The van der Waals surface area contributed by atoms with E-state index in [1.54, 1.807) is 0 Å². The highest BCUT2D eigenvalue weighted by atomic mass is 32.2. The van der Waals surface area contributed by atoms with Crippen molar-refractivity contribution in [3.63, 3.8) is 0 Å². The van der Waals surface area contributed by atoms with E-state index in [1.807, 2.05) is 9.80 Å². The molecule has 9 nitrogen and oxygen atoms in total. The molecule has 13 heteroatoms. The van der Waals surface area contributed by atoms with Crippen LogP contribution < -0.4 is 4.72 Å². The lowest BCUT2D eigenvalue weighted by atomic mass is 9.57. The van der Waals surface area contributed by atoms with E-state index in [0.29, 0.717) is 37.8 Å². The van der Waals surface area contributed by atoms with Crippen LogP contribution in [0.2, 0.25) is 0 Å². The van der Waals surface area contributed by atoms with Crippen LogP contribution >= 0.6 is 0 Å². The zero-order valence-electron chi connectivity index (χ0n) is 20.9. The maximum absolute atomic E-state index is 13.0. The smallest absolute Gasteiger partial charge is 0.325 e. The average Bonchev–Trinajstić information content (AvgIpc) is 3.58. The van der Waals surface area contributed by atoms with Gasteiger partial charge in [0.2, 0.25) is 10.0 Å². The fourth-order valence-electron chi connectivity index (χ4n) is 6.00. The monoisotopic (exact) mass is 552 g/mol. The molecule has 2 aliphatic heterocycles. The molecule has 2 amide bonds. The van der Waals surface area contributed by atoms with Crippen LogP contribution in [0.15, 0.2) is 29.2 Å². The molecule has 2 aliphatic carbocycles. The number of benzene rings is 1. The molecule has 0 radical (unpaired) electrons. The number of rotatable bonds is 6. The predicted molar refractivity (Wildman–Crippen MR) is 131 cm³/mol. The third-order valence-corrected chi connectivity index (χ3v) is 9.91. The number of piperidine rings is 1. The molecule has 4 aliphatic rings. The highest BCUT2D eigenvalue weighted by Crippen LogP contribution is 2.55. The molecule has 4 fully saturated rings. The third kappa shape index (κ3) is 5.02. The minimum Gasteiger partial charge on any atom is -0.325 e. The number of aromatic nitrogens is 3. The van der Waals surface area contributed by atoms with Crippen molar-refractivity contribution in [1.82, 2.24) is 29.7 Å². The summed E-state index contributed by atoms with van der Waals surface area (Å²) in [6.07, 6.45) is 1.22. The zero-order chi connectivity index (χ0) is 26.7. The quantitative estimate of drug-likeness (QED) is 0.568. The average molecular weight is 553 g/mol. The van der Waals surface area contributed by atoms with Crippen LogP contribution in [0.3, 0.4) is 0 Å². The number of hydrogen-bond donors (Lipinski definition) is 2. The van der Waals surface area contributed by atoms with Gasteiger partial charge >= 0.3 is 12.2 Å². The molecule has 2 saturated carbocycles. The lowest BCUT2D eigenvalue weighted by Gasteiger charge is -2.59. The van der Waals surface area contributed by atoms with Crippen molar-refractivity contribution in [3.05, 3.63) is 41.5 Å². The summed E-state index contributed by atoms with van der Waals surface area (Å²) in [5, 5.41) is 7.49. The van der Waals surface area contributed by atoms with Gasteiger partial charge in [-0.05, 0) is 68.7 Å². The maximum Gasteiger partial charge on any atom is 0.416 e. The summed E-state index contributed by atoms with van der Waals surface area (Å²) in [6, 6.07) is 3.50. The molecule has 2 N–H and O–H groups in total. The number of aromatic amines is 1. The molecule has 3 heterocycles. The van der Waals surface area contributed by atoms with E-state index in [0.717, 1.165) is 61.8 Å². The van der Waals surface area contributed by atoms with Crippen LogP contribution in [0.5, 0.6) is 0 Å². The summed E-state index contributed by atoms with van der Waals surface area (Å²) in [6.45, 7) is 2.81. The largest absolute Gasteiger partial charge is 0.416 e. The van der Waals surface area contributed by atoms with Crippen molar-refractivity contribution in [2.45, 2.75) is 61.4 Å². The Kier molecular flexibility index (Phi) is 6.21. The van der Waals surface area contributed by atoms with Crippen LogP contribution in [0.1, 0.15) is 67.6 Å². The maximum atomic E-state index is 13.0. The number of carbonyl (C=O) groups excluding carboxylic acids is 1. The molecule has 206 valence electrons. The number of alkyl halides is 3. The van der Waals surface area contributed by atoms with Gasteiger partial charge in [0.15, 0.2) is 5.82 Å². The van der Waals surface area contributed by atoms with Crippen molar-refractivity contribution in [2.24, 2.45) is 11.3 Å². The topological polar surface area (TPSA) is 111 Å². The molecule has 0 bridgehead atoms. The number of nitrogens with one attached hydrogen (secondary N) is 2. The van der Waals surface area contributed by atoms with Gasteiger partial charge in [-0.25, -0.2) is 22.9 Å². The first-order valence-corrected chi connectivity index (χ1v) is 14.6. The molecule has 0 unspecified atom stereocenters. The number of nitrogens with zero attached hydrogens (tertiary/aromatic N) is 4. The molecule has 1 aromatic carbocycles. The van der Waals surface area contributed by atoms with Gasteiger partial charge in [-0.15, -0.1) is 0 Å². The molecule has 38 heavy (non-hydrogen) atoms. The number of halogens is 3. The van der Waals surface area contributed by atoms with Gasteiger partial charge in [0, 0.05) is 50.0 Å². The summed E-state index contributed by atoms with van der Waals surface area (Å²) in [7, 11) is -3.91. The van der Waals surface area contributed by atoms with Gasteiger partial charge in [0.05, 0.1) is 10.5 Å². The fraction of sp³-hybridized carbons (Fsp3) is 0.640. The number of carbonyl (C=O) groups is 1. The van der Waals surface area contributed by atoms with Crippen molar-refractivity contribution in [3.8, 4) is 0 Å². The Hall–Kier alpha value is -2.67. The standard InChI is InChI=1S/C25H31F3N6O3S/c26-25(27,28)19-3-5-20(6-4-19)38(36,37)29-13-16-7-9-33(10-8-16)23(35)34-14-24(15-34)11-18(12-24)22-30-21(31-32-22)17-1-2-17/h3-6,16-18,29H,1-2,7-15H2,(H,30,31,32). The van der Waals surface area contributed by atoms with Gasteiger partial charge in [0.1, 0.15) is 5.82 Å². The van der Waals surface area contributed by atoms with Gasteiger partial charge in [-0.2, -0.15) is 18.3 Å². The molecule has 2 aromatic rings. The molecular formula is C25H31F3N6O3S. The number of H-pyrrole nitrogens is 1. The van der Waals surface area contributed by atoms with Gasteiger partial charge in [-0.1, -0.05) is 0 Å². The summed E-state index contributed by atoms with van der Waals surface area (Å²) in [4.78, 5) is 21.2. The normalized spacial score (nSPS) is 22.4. The Bertz CT molecular complexity index is 1290. The van der Waals surface area contributed by atoms with E-state index in [1.165, 1.54) is 12.8 Å². The third-order valence-electron chi connectivity index (χ3n) is 8.47. The Morgan fingerprint density at radius 1 is 1.03 bits per heavy atom. The van der Waals surface area contributed by atoms with Crippen LogP contribution in [-0.4, -0.2) is 72.2 Å². The minimum absolute atomic E-state index is 0.0387. The van der Waals surface area contributed by atoms with Crippen molar-refractivity contribution in [1.29, 1.82) is 0 Å². The summed E-state index contributed by atoms with van der Waals surface area (Å²) >= 11 is 0. The van der Waals surface area contributed by atoms with Crippen molar-refractivity contribution in [2.75, 3.05) is 32.7 Å². The number of amides is 2. The van der Waals surface area contributed by atoms with Gasteiger partial charge in [0.25, 0.3) is 0 Å². The second-order valence-corrected chi connectivity index (χ2v) is 13.2. The lowest BCUT2D eigenvalue weighted by Crippen LogP contribution is -2.65. The Morgan fingerprint density at radius 3 is 2.29 bits per heavy atom. The van der Waals surface area contributed by atoms with Crippen LogP contribution in [-0.2, 0) is 16.2 Å². The Labute approximate surface area is 219 Å². The summed E-state index contributed by atoms with van der Waals surface area (Å²) in [5.41, 5.74) is -0.703. The first kappa shape index (κ1) is 25.6. The predicted octanol–water partition coefficient (Wildman–Crippen LogP) is 3.69. The van der Waals surface area contributed by atoms with E-state index in [9.17, 15) is 26.4 Å². The van der Waals surface area contributed by atoms with E-state index in [-0.39, 0.29) is 28.8 Å². The molecule has 1 spiro atoms. The first-order valence-electron chi connectivity index (χ1n) is 13.1. The van der Waals surface area contributed by atoms with Crippen LogP contribution in [0.4, 0.5) is 18.0 Å². The van der Waals surface area contributed by atoms with E-state index in [2.05, 4.69) is 19.9 Å². The summed E-state index contributed by atoms with van der Waals surface area (Å²) in [5.74, 6) is 2.92. The zero-order valence-corrected chi connectivity index (χ0v) is 21.7. The second kappa shape index (κ2) is 9.22. The van der Waals surface area contributed by atoms with Crippen molar-refractivity contribution < 1.29 is 26.4 Å². The number of hydrogen-bond acceptors (Lipinski definition) is 5. The molecule has 2 saturated heterocycles. The van der Waals surface area contributed by atoms with E-state index >= 15 is 0 Å². The first-order chi connectivity index (χ1) is 18.0. The second-order valence-electron chi connectivity index (χ2n) is 11.4. The molecule has 0 atom stereocenters. The lowest BCUT2D eigenvalue weighted by molar-refractivity contribution is -0.137. The Morgan fingerprint density at radius 2 is 1.68 bits per heavy atom. The molecule has 1 aromatic heterocycles. The number of likely N-dealkylation sites (tertiary alicyclic amines) is 2. The molecule has 6 rings (SSSR count). The van der Waals surface area contributed by atoms with Gasteiger partial charge < -0.3 is 9.80 Å². The van der Waals surface area contributed by atoms with E-state index < -0.39 is 21.8 Å². The number of urea groups is 1. The van der Waals surface area contributed by atoms with Crippen LogP contribution in [0, 0.1) is 11.3 Å². The summed E-state index contributed by atoms with van der Waals surface area (Å²) < 4.78 is 65.7. The molecular weight excluding hydrogens is 521 g/mol. The fourth-order valence-corrected chi connectivity index (χ4v) is 7.11. The Balaban J connectivity index is 0.924.